The van der Waals surface area contributed by atoms with E-state index in [2.05, 4.69) is 102 Å². The van der Waals surface area contributed by atoms with Gasteiger partial charge in [0.1, 0.15) is 0 Å². The second-order valence-corrected chi connectivity index (χ2v) is 10.5. The van der Waals surface area contributed by atoms with Gasteiger partial charge in [0.2, 0.25) is 0 Å². The maximum Gasteiger partial charge on any atom is 0.164 e. The molecule has 0 bridgehead atoms. The Labute approximate surface area is 249 Å². The number of hydrogen-bond acceptors (Lipinski definition) is 3. The Balaban J connectivity index is 1.22. The van der Waals surface area contributed by atoms with E-state index in [4.69, 9.17) is 15.0 Å². The van der Waals surface area contributed by atoms with Crippen molar-refractivity contribution in [2.24, 2.45) is 0 Å². The summed E-state index contributed by atoms with van der Waals surface area (Å²) in [5.74, 6) is 1.97. The van der Waals surface area contributed by atoms with Gasteiger partial charge < -0.3 is 4.57 Å². The van der Waals surface area contributed by atoms with Crippen molar-refractivity contribution < 1.29 is 0 Å². The standard InChI is InChI=1S/C39H26N4/c1-4-12-28(13-5-1)37-40-38(29-14-6-2-7-15-29)42-39(41-37)30-22-20-27(21-23-30)31-24-25-34-33-18-10-11-19-35(33)43(36(34)26-31)32-16-8-3-9-17-32/h1-26H. The molecule has 0 unspecified atom stereocenters. The fourth-order valence-electron chi connectivity index (χ4n) is 5.75. The zero-order chi connectivity index (χ0) is 28.6. The average molecular weight is 551 g/mol. The summed E-state index contributed by atoms with van der Waals surface area (Å²) in [7, 11) is 0. The quantitative estimate of drug-likeness (QED) is 0.214. The predicted octanol–water partition coefficient (Wildman–Crippen LogP) is 9.64. The molecule has 0 saturated heterocycles. The van der Waals surface area contributed by atoms with Gasteiger partial charge in [-0.25, -0.2) is 15.0 Å². The number of fused-ring (bicyclic) bond motifs is 3. The Morgan fingerprint density at radius 1 is 0.326 bits per heavy atom. The molecule has 8 rings (SSSR count). The van der Waals surface area contributed by atoms with Crippen LogP contribution in [-0.2, 0) is 0 Å². The molecule has 0 saturated carbocycles. The van der Waals surface area contributed by atoms with Gasteiger partial charge in [-0.05, 0) is 35.4 Å². The number of nitrogens with zero attached hydrogens (tertiary/aromatic N) is 4. The second kappa shape index (κ2) is 10.5. The van der Waals surface area contributed by atoms with Crippen LogP contribution in [0.15, 0.2) is 158 Å². The third-order valence-corrected chi connectivity index (χ3v) is 7.86. The van der Waals surface area contributed by atoms with Crippen LogP contribution in [-0.4, -0.2) is 19.5 Å². The maximum absolute atomic E-state index is 4.89. The van der Waals surface area contributed by atoms with E-state index in [9.17, 15) is 0 Å². The van der Waals surface area contributed by atoms with Crippen molar-refractivity contribution in [1.82, 2.24) is 19.5 Å². The van der Waals surface area contributed by atoms with Crippen molar-refractivity contribution in [1.29, 1.82) is 0 Å². The molecule has 4 nitrogen and oxygen atoms in total. The molecule has 0 N–H and O–H groups in total. The molecule has 0 amide bonds. The molecule has 43 heavy (non-hydrogen) atoms. The minimum Gasteiger partial charge on any atom is -0.309 e. The lowest BCUT2D eigenvalue weighted by atomic mass is 10.0. The third kappa shape index (κ3) is 4.55. The van der Waals surface area contributed by atoms with Crippen LogP contribution in [0.4, 0.5) is 0 Å². The van der Waals surface area contributed by atoms with Crippen LogP contribution >= 0.6 is 0 Å². The molecule has 0 aliphatic rings. The van der Waals surface area contributed by atoms with Gasteiger partial charge in [-0.1, -0.05) is 133 Å². The van der Waals surface area contributed by atoms with Gasteiger partial charge >= 0.3 is 0 Å². The molecule has 4 heteroatoms. The largest absolute Gasteiger partial charge is 0.309 e. The highest BCUT2D eigenvalue weighted by atomic mass is 15.0. The summed E-state index contributed by atoms with van der Waals surface area (Å²) in [6, 6.07) is 54.6. The monoisotopic (exact) mass is 550 g/mol. The number of para-hydroxylation sites is 2. The van der Waals surface area contributed by atoms with Gasteiger partial charge in [0.25, 0.3) is 0 Å². The number of benzene rings is 6. The maximum atomic E-state index is 4.89. The van der Waals surface area contributed by atoms with E-state index in [1.165, 1.54) is 21.8 Å². The fraction of sp³-hybridized carbons (Fsp3) is 0. The van der Waals surface area contributed by atoms with Crippen molar-refractivity contribution in [2.75, 3.05) is 0 Å². The second-order valence-electron chi connectivity index (χ2n) is 10.5. The van der Waals surface area contributed by atoms with Gasteiger partial charge in [-0.2, -0.15) is 0 Å². The molecular formula is C39H26N4. The molecule has 0 atom stereocenters. The minimum atomic E-state index is 0.652. The smallest absolute Gasteiger partial charge is 0.164 e. The Hall–Kier alpha value is -5.87. The Kier molecular flexibility index (Phi) is 6.08. The summed E-state index contributed by atoms with van der Waals surface area (Å²) in [6.45, 7) is 0. The van der Waals surface area contributed by atoms with E-state index < -0.39 is 0 Å². The van der Waals surface area contributed by atoms with Crippen molar-refractivity contribution in [3.05, 3.63) is 158 Å². The molecule has 2 heterocycles. The molecular weight excluding hydrogens is 524 g/mol. The van der Waals surface area contributed by atoms with E-state index in [0.29, 0.717) is 17.5 Å². The highest BCUT2D eigenvalue weighted by Crippen LogP contribution is 2.35. The third-order valence-electron chi connectivity index (χ3n) is 7.86. The zero-order valence-electron chi connectivity index (χ0n) is 23.3. The van der Waals surface area contributed by atoms with Crippen LogP contribution in [0.2, 0.25) is 0 Å². The molecule has 0 aliphatic heterocycles. The van der Waals surface area contributed by atoms with Crippen LogP contribution < -0.4 is 0 Å². The highest BCUT2D eigenvalue weighted by molar-refractivity contribution is 6.10. The number of rotatable bonds is 5. The van der Waals surface area contributed by atoms with Crippen LogP contribution in [0, 0.1) is 0 Å². The van der Waals surface area contributed by atoms with E-state index in [1.54, 1.807) is 0 Å². The predicted molar refractivity (Wildman–Crippen MR) is 176 cm³/mol. The first-order valence-electron chi connectivity index (χ1n) is 14.4. The summed E-state index contributed by atoms with van der Waals surface area (Å²) in [6.07, 6.45) is 0. The molecule has 202 valence electrons. The molecule has 0 radical (unpaired) electrons. The Bertz CT molecular complexity index is 2150. The highest BCUT2D eigenvalue weighted by Gasteiger charge is 2.15. The van der Waals surface area contributed by atoms with Gasteiger partial charge in [-0.3, -0.25) is 0 Å². The van der Waals surface area contributed by atoms with Gasteiger partial charge in [-0.15, -0.1) is 0 Å². The molecule has 8 aromatic rings. The SMILES string of the molecule is c1ccc(-c2nc(-c3ccccc3)nc(-c3ccc(-c4ccc5c6ccccc6n(-c6ccccc6)c5c4)cc3)n2)cc1. The molecule has 0 fully saturated rings. The molecule has 0 spiro atoms. The van der Waals surface area contributed by atoms with Crippen molar-refractivity contribution in [2.45, 2.75) is 0 Å². The first-order valence-corrected chi connectivity index (χ1v) is 14.4. The van der Waals surface area contributed by atoms with Crippen molar-refractivity contribution in [3.63, 3.8) is 0 Å². The van der Waals surface area contributed by atoms with Crippen LogP contribution in [0.25, 0.3) is 72.8 Å². The van der Waals surface area contributed by atoms with Crippen LogP contribution in [0.5, 0.6) is 0 Å². The first-order chi connectivity index (χ1) is 21.3. The van der Waals surface area contributed by atoms with E-state index >= 15 is 0 Å². The Morgan fingerprint density at radius 3 is 1.37 bits per heavy atom. The number of hydrogen-bond donors (Lipinski definition) is 0. The lowest BCUT2D eigenvalue weighted by Crippen LogP contribution is -2.00. The van der Waals surface area contributed by atoms with Crippen molar-refractivity contribution in [3.8, 4) is 51.0 Å². The summed E-state index contributed by atoms with van der Waals surface area (Å²) in [4.78, 5) is 14.6. The fourth-order valence-corrected chi connectivity index (χ4v) is 5.75. The zero-order valence-corrected chi connectivity index (χ0v) is 23.3. The van der Waals surface area contributed by atoms with Gasteiger partial charge in [0.15, 0.2) is 17.5 Å². The summed E-state index contributed by atoms with van der Waals surface area (Å²) in [5, 5.41) is 2.49. The van der Waals surface area contributed by atoms with E-state index in [1.807, 2.05) is 60.7 Å². The molecule has 2 aromatic heterocycles. The summed E-state index contributed by atoms with van der Waals surface area (Å²) < 4.78 is 2.35. The topological polar surface area (TPSA) is 43.6 Å². The van der Waals surface area contributed by atoms with Crippen molar-refractivity contribution >= 4 is 21.8 Å². The first kappa shape index (κ1) is 24.9. The van der Waals surface area contributed by atoms with Crippen LogP contribution in [0.3, 0.4) is 0 Å². The lowest BCUT2D eigenvalue weighted by molar-refractivity contribution is 1.07. The summed E-state index contributed by atoms with van der Waals surface area (Å²) >= 11 is 0. The normalized spacial score (nSPS) is 11.3. The lowest BCUT2D eigenvalue weighted by Gasteiger charge is -2.10. The van der Waals surface area contributed by atoms with Gasteiger partial charge in [0, 0.05) is 33.2 Å². The Morgan fingerprint density at radius 2 is 0.767 bits per heavy atom. The molecule has 0 aliphatic carbocycles. The number of aromatic nitrogens is 4. The van der Waals surface area contributed by atoms with E-state index in [0.717, 1.165) is 33.5 Å². The molecule has 6 aromatic carbocycles. The van der Waals surface area contributed by atoms with Crippen LogP contribution in [0.1, 0.15) is 0 Å². The van der Waals surface area contributed by atoms with E-state index in [-0.39, 0.29) is 0 Å². The minimum absolute atomic E-state index is 0.652. The average Bonchev–Trinajstić information content (AvgIpc) is 3.43. The van der Waals surface area contributed by atoms with Gasteiger partial charge in [0.05, 0.1) is 11.0 Å². The summed E-state index contributed by atoms with van der Waals surface area (Å²) in [5.41, 5.74) is 8.70.